The summed E-state index contributed by atoms with van der Waals surface area (Å²) >= 11 is 4.28. The molecule has 1 nitrogen and oxygen atoms in total. The van der Waals surface area contributed by atoms with Crippen molar-refractivity contribution in [1.82, 2.24) is 4.90 Å². The van der Waals surface area contributed by atoms with Crippen LogP contribution < -0.4 is 0 Å². The van der Waals surface area contributed by atoms with Crippen LogP contribution in [0.25, 0.3) is 0 Å². The van der Waals surface area contributed by atoms with Gasteiger partial charge in [-0.1, -0.05) is 36.8 Å². The van der Waals surface area contributed by atoms with Crippen LogP contribution in [-0.4, -0.2) is 24.2 Å². The van der Waals surface area contributed by atoms with Gasteiger partial charge in [0.2, 0.25) is 0 Å². The molecule has 0 amide bonds. The number of hydrogen-bond donors (Lipinski definition) is 1. The Labute approximate surface area is 112 Å². The maximum absolute atomic E-state index is 4.28. The molecular weight excluding hydrogens is 226 g/mol. The Balaban J connectivity index is 2.29. The van der Waals surface area contributed by atoms with Gasteiger partial charge >= 0.3 is 0 Å². The fourth-order valence-electron chi connectivity index (χ4n) is 1.89. The van der Waals surface area contributed by atoms with E-state index in [1.54, 1.807) is 0 Å². The summed E-state index contributed by atoms with van der Waals surface area (Å²) in [5.74, 6) is 1.79. The zero-order valence-electron chi connectivity index (χ0n) is 11.3. The molecular formula is C15H25NS. The molecule has 1 unspecified atom stereocenters. The summed E-state index contributed by atoms with van der Waals surface area (Å²) in [6.07, 6.45) is 2.49. The van der Waals surface area contributed by atoms with Crippen LogP contribution in [0.5, 0.6) is 0 Å². The second kappa shape index (κ2) is 7.78. The van der Waals surface area contributed by atoms with Crippen LogP contribution in [0, 0.1) is 12.8 Å². The Morgan fingerprint density at radius 1 is 1.18 bits per heavy atom. The van der Waals surface area contributed by atoms with E-state index in [1.807, 2.05) is 0 Å². The minimum absolute atomic E-state index is 0.785. The number of aryl methyl sites for hydroxylation is 1. The fraction of sp³-hybridized carbons (Fsp3) is 0.600. The van der Waals surface area contributed by atoms with Gasteiger partial charge in [-0.05, 0) is 50.6 Å². The molecule has 1 aromatic rings. The maximum Gasteiger partial charge on any atom is 0.0230 e. The average molecular weight is 251 g/mol. The zero-order valence-corrected chi connectivity index (χ0v) is 12.2. The third kappa shape index (κ3) is 6.13. The normalized spacial score (nSPS) is 13.0. The lowest BCUT2D eigenvalue weighted by atomic mass is 10.0. The molecule has 1 aromatic carbocycles. The van der Waals surface area contributed by atoms with Crippen LogP contribution in [0.2, 0.25) is 0 Å². The van der Waals surface area contributed by atoms with Gasteiger partial charge in [-0.2, -0.15) is 12.6 Å². The molecule has 0 aliphatic carbocycles. The van der Waals surface area contributed by atoms with E-state index in [1.165, 1.54) is 30.5 Å². The molecule has 0 heterocycles. The number of nitrogens with zero attached hydrogens (tertiary/aromatic N) is 1. The predicted octanol–water partition coefficient (Wildman–Crippen LogP) is 3.77. The molecule has 0 spiro atoms. The summed E-state index contributed by atoms with van der Waals surface area (Å²) in [5, 5.41) is 0. The van der Waals surface area contributed by atoms with Crippen LogP contribution in [-0.2, 0) is 6.54 Å². The van der Waals surface area contributed by atoms with Gasteiger partial charge in [0.1, 0.15) is 0 Å². The first-order valence-electron chi connectivity index (χ1n) is 6.46. The van der Waals surface area contributed by atoms with Gasteiger partial charge in [0.05, 0.1) is 0 Å². The highest BCUT2D eigenvalue weighted by Crippen LogP contribution is 2.11. The molecule has 0 fully saturated rings. The van der Waals surface area contributed by atoms with Crippen molar-refractivity contribution in [3.05, 3.63) is 35.4 Å². The lowest BCUT2D eigenvalue weighted by Crippen LogP contribution is -2.20. The summed E-state index contributed by atoms with van der Waals surface area (Å²) in [5.41, 5.74) is 2.73. The summed E-state index contributed by atoms with van der Waals surface area (Å²) in [4.78, 5) is 2.40. The molecule has 0 aliphatic rings. The largest absolute Gasteiger partial charge is 0.302 e. The second-order valence-electron chi connectivity index (χ2n) is 5.13. The molecule has 1 atom stereocenters. The number of rotatable bonds is 7. The molecule has 0 radical (unpaired) electrons. The van der Waals surface area contributed by atoms with Crippen molar-refractivity contribution in [3.8, 4) is 0 Å². The lowest BCUT2D eigenvalue weighted by molar-refractivity contribution is 0.297. The first-order valence-corrected chi connectivity index (χ1v) is 7.10. The summed E-state index contributed by atoms with van der Waals surface area (Å²) < 4.78 is 0. The minimum atomic E-state index is 0.785. The van der Waals surface area contributed by atoms with Crippen LogP contribution in [0.1, 0.15) is 30.9 Å². The van der Waals surface area contributed by atoms with Gasteiger partial charge in [0.15, 0.2) is 0 Å². The minimum Gasteiger partial charge on any atom is -0.302 e. The quantitative estimate of drug-likeness (QED) is 0.722. The van der Waals surface area contributed by atoms with Crippen LogP contribution >= 0.6 is 12.6 Å². The Morgan fingerprint density at radius 2 is 1.82 bits per heavy atom. The molecule has 0 bridgehead atoms. The van der Waals surface area contributed by atoms with Crippen molar-refractivity contribution in [2.75, 3.05) is 19.3 Å². The Bertz CT molecular complexity index is 307. The van der Waals surface area contributed by atoms with Crippen molar-refractivity contribution in [2.45, 2.75) is 33.2 Å². The Morgan fingerprint density at radius 3 is 2.41 bits per heavy atom. The molecule has 0 aliphatic heterocycles. The average Bonchev–Trinajstić information content (AvgIpc) is 2.30. The summed E-state index contributed by atoms with van der Waals surface area (Å²) in [6.45, 7) is 6.67. The number of thiol groups is 1. The molecule has 0 aromatic heterocycles. The van der Waals surface area contributed by atoms with E-state index in [4.69, 9.17) is 0 Å². The van der Waals surface area contributed by atoms with E-state index in [0.29, 0.717) is 0 Å². The first kappa shape index (κ1) is 14.6. The van der Waals surface area contributed by atoms with Crippen LogP contribution in [0.3, 0.4) is 0 Å². The summed E-state index contributed by atoms with van der Waals surface area (Å²) in [7, 11) is 2.20. The van der Waals surface area contributed by atoms with Crippen molar-refractivity contribution < 1.29 is 0 Å². The Hall–Kier alpha value is -0.470. The molecule has 0 saturated heterocycles. The van der Waals surface area contributed by atoms with Gasteiger partial charge in [-0.15, -0.1) is 0 Å². The second-order valence-corrected chi connectivity index (χ2v) is 5.58. The molecule has 0 saturated carbocycles. The molecule has 0 N–H and O–H groups in total. The van der Waals surface area contributed by atoms with E-state index in [0.717, 1.165) is 18.2 Å². The van der Waals surface area contributed by atoms with E-state index < -0.39 is 0 Å². The zero-order chi connectivity index (χ0) is 12.7. The number of benzene rings is 1. The Kier molecular flexibility index (Phi) is 6.68. The highest BCUT2D eigenvalue weighted by atomic mass is 32.1. The number of hydrogen-bond acceptors (Lipinski definition) is 2. The topological polar surface area (TPSA) is 3.24 Å². The van der Waals surface area contributed by atoms with Gasteiger partial charge in [0.25, 0.3) is 0 Å². The van der Waals surface area contributed by atoms with Crippen molar-refractivity contribution >= 4 is 12.6 Å². The standard InChI is InChI=1S/C15H25NS/c1-13-4-6-15(7-5-13)12-16(3)10-8-14(2)9-11-17/h4-7,14,17H,8-12H2,1-3H3. The van der Waals surface area contributed by atoms with Crippen LogP contribution in [0.4, 0.5) is 0 Å². The third-order valence-corrected chi connectivity index (χ3v) is 3.46. The lowest BCUT2D eigenvalue weighted by Gasteiger charge is -2.19. The van der Waals surface area contributed by atoms with Crippen LogP contribution in [0.15, 0.2) is 24.3 Å². The van der Waals surface area contributed by atoms with Gasteiger partial charge in [0, 0.05) is 6.54 Å². The van der Waals surface area contributed by atoms with Crippen molar-refractivity contribution in [2.24, 2.45) is 5.92 Å². The maximum atomic E-state index is 4.28. The third-order valence-electron chi connectivity index (χ3n) is 3.20. The SMILES string of the molecule is Cc1ccc(CN(C)CCC(C)CCS)cc1. The van der Waals surface area contributed by atoms with Gasteiger partial charge in [-0.3, -0.25) is 0 Å². The van der Waals surface area contributed by atoms with Crippen molar-refractivity contribution in [1.29, 1.82) is 0 Å². The molecule has 96 valence electrons. The smallest absolute Gasteiger partial charge is 0.0230 e. The monoisotopic (exact) mass is 251 g/mol. The fourth-order valence-corrected chi connectivity index (χ4v) is 2.33. The van der Waals surface area contributed by atoms with Gasteiger partial charge < -0.3 is 4.90 Å². The highest BCUT2D eigenvalue weighted by molar-refractivity contribution is 7.80. The molecule has 17 heavy (non-hydrogen) atoms. The first-order chi connectivity index (χ1) is 8.11. The van der Waals surface area contributed by atoms with E-state index in [9.17, 15) is 0 Å². The van der Waals surface area contributed by atoms with E-state index >= 15 is 0 Å². The van der Waals surface area contributed by atoms with E-state index in [-0.39, 0.29) is 0 Å². The molecule has 2 heteroatoms. The summed E-state index contributed by atoms with van der Waals surface area (Å²) in [6, 6.07) is 8.82. The molecule has 1 rings (SSSR count). The highest BCUT2D eigenvalue weighted by Gasteiger charge is 2.04. The van der Waals surface area contributed by atoms with E-state index in [2.05, 4.69) is 62.7 Å². The van der Waals surface area contributed by atoms with Gasteiger partial charge in [-0.25, -0.2) is 0 Å². The predicted molar refractivity (Wildman–Crippen MR) is 79.8 cm³/mol. The van der Waals surface area contributed by atoms with Crippen molar-refractivity contribution in [3.63, 3.8) is 0 Å².